The highest BCUT2D eigenvalue weighted by atomic mass is 31.2. The summed E-state index contributed by atoms with van der Waals surface area (Å²) in [7, 11) is -1.97. The Hall–Kier alpha value is 0.150. The lowest BCUT2D eigenvalue weighted by atomic mass is 11.0. The summed E-state index contributed by atoms with van der Waals surface area (Å²) >= 11 is 0. The second-order valence-corrected chi connectivity index (χ2v) is 5.80. The molecule has 0 unspecified atom stereocenters. The summed E-state index contributed by atoms with van der Waals surface area (Å²) in [5, 5.41) is 2.97. The third-order valence-electron chi connectivity index (χ3n) is 1.21. The van der Waals surface area contributed by atoms with E-state index < -0.39 is 7.29 Å². The van der Waals surface area contributed by atoms with Crippen molar-refractivity contribution in [3.8, 4) is 0 Å². The first-order chi connectivity index (χ1) is 4.08. The Morgan fingerprint density at radius 2 is 2.11 bits per heavy atom. The van der Waals surface area contributed by atoms with Gasteiger partial charge in [-0.15, -0.1) is 0 Å². The average Bonchev–Trinajstić information content (AvgIpc) is 2.38. The quantitative estimate of drug-likeness (QED) is 0.464. The molecule has 9 heavy (non-hydrogen) atoms. The molecule has 1 fully saturated rings. The maximum Gasteiger partial charge on any atom is 0.142 e. The second kappa shape index (κ2) is 2.41. The van der Waals surface area contributed by atoms with Gasteiger partial charge in [0.15, 0.2) is 0 Å². The third-order valence-corrected chi connectivity index (χ3v) is 2.12. The van der Waals surface area contributed by atoms with Crippen molar-refractivity contribution in [3.05, 3.63) is 0 Å². The van der Waals surface area contributed by atoms with E-state index in [-0.39, 0.29) is 0 Å². The Balaban J connectivity index is 2.10. The Bertz CT molecular complexity index is 138. The minimum Gasteiger partial charge on any atom is -0.307 e. The molecular weight excluding hydrogens is 135 g/mol. The van der Waals surface area contributed by atoms with E-state index >= 15 is 0 Å². The van der Waals surface area contributed by atoms with E-state index in [9.17, 15) is 4.57 Å². The van der Waals surface area contributed by atoms with Gasteiger partial charge in [-0.1, -0.05) is 0 Å². The summed E-state index contributed by atoms with van der Waals surface area (Å²) in [5.74, 6) is 0. The molecule has 0 aliphatic carbocycles. The number of nitrogens with zero attached hydrogens (tertiary/aromatic N) is 1. The molecule has 0 aromatic carbocycles. The topological polar surface area (TPSA) is 32.1 Å². The molecule has 0 aromatic heterocycles. The minimum absolute atomic E-state index is 0.796. The van der Waals surface area contributed by atoms with Crippen LogP contribution in [0.4, 0.5) is 0 Å². The largest absolute Gasteiger partial charge is 0.307 e. The number of hydrogen-bond acceptors (Lipinski definition) is 2. The third kappa shape index (κ3) is 3.68. The average molecular weight is 148 g/mol. The molecule has 0 saturated carbocycles. The fourth-order valence-electron chi connectivity index (χ4n) is 0.499. The van der Waals surface area contributed by atoms with Crippen LogP contribution >= 0.6 is 7.29 Å². The highest BCUT2D eigenvalue weighted by molar-refractivity contribution is 7.60. The molecule has 1 aliphatic heterocycles. The molecule has 0 amide bonds. The Labute approximate surface area is 55.8 Å². The van der Waals surface area contributed by atoms with Crippen molar-refractivity contribution >= 4 is 7.29 Å². The van der Waals surface area contributed by atoms with E-state index in [1.807, 2.05) is 0 Å². The van der Waals surface area contributed by atoms with Crippen molar-refractivity contribution in [3.63, 3.8) is 0 Å². The molecule has 0 spiro atoms. The Morgan fingerprint density at radius 1 is 1.56 bits per heavy atom. The Morgan fingerprint density at radius 3 is 2.44 bits per heavy atom. The molecule has 0 aromatic rings. The molecular formula is C5H13N2OP. The van der Waals surface area contributed by atoms with Gasteiger partial charge < -0.3 is 4.57 Å². The summed E-state index contributed by atoms with van der Waals surface area (Å²) in [5.41, 5.74) is 0. The molecule has 4 heteroatoms. The van der Waals surface area contributed by atoms with Crippen LogP contribution in [0.25, 0.3) is 0 Å². The fraction of sp³-hybridized carbons (Fsp3) is 1.00. The zero-order valence-electron chi connectivity index (χ0n) is 5.92. The monoisotopic (exact) mass is 148 g/mol. The van der Waals surface area contributed by atoms with E-state index in [0.29, 0.717) is 0 Å². The molecule has 1 rings (SSSR count). The van der Waals surface area contributed by atoms with Crippen LogP contribution in [0.3, 0.4) is 0 Å². The first-order valence-electron chi connectivity index (χ1n) is 3.10. The normalized spacial score (nSPS) is 20.2. The van der Waals surface area contributed by atoms with Crippen LogP contribution in [0.1, 0.15) is 0 Å². The van der Waals surface area contributed by atoms with Crippen LogP contribution in [0.15, 0.2) is 0 Å². The van der Waals surface area contributed by atoms with Gasteiger partial charge in [0.2, 0.25) is 0 Å². The van der Waals surface area contributed by atoms with Gasteiger partial charge in [-0.25, -0.2) is 0 Å². The highest BCUT2D eigenvalue weighted by Crippen LogP contribution is 2.29. The van der Waals surface area contributed by atoms with Crippen LogP contribution < -0.4 is 5.09 Å². The van der Waals surface area contributed by atoms with Gasteiger partial charge in [-0.2, -0.15) is 0 Å². The minimum atomic E-state index is -1.97. The molecule has 0 radical (unpaired) electrons. The maximum atomic E-state index is 11.0. The zero-order valence-corrected chi connectivity index (χ0v) is 6.82. The summed E-state index contributed by atoms with van der Waals surface area (Å²) in [4.78, 5) is 2.19. The van der Waals surface area contributed by atoms with Crippen LogP contribution in [-0.4, -0.2) is 38.0 Å². The maximum absolute atomic E-state index is 11.0. The van der Waals surface area contributed by atoms with Crippen molar-refractivity contribution in [2.24, 2.45) is 0 Å². The van der Waals surface area contributed by atoms with Crippen molar-refractivity contribution in [2.75, 3.05) is 33.1 Å². The molecule has 1 aliphatic rings. The molecule has 54 valence electrons. The first-order valence-corrected chi connectivity index (χ1v) is 5.70. The highest BCUT2D eigenvalue weighted by Gasteiger charge is 2.18. The summed E-state index contributed by atoms with van der Waals surface area (Å²) in [6, 6.07) is 0. The fourth-order valence-corrected chi connectivity index (χ4v) is 1.04. The lowest BCUT2D eigenvalue weighted by Gasteiger charge is -2.08. The molecule has 0 bridgehead atoms. The smallest absolute Gasteiger partial charge is 0.142 e. The lowest BCUT2D eigenvalue weighted by Crippen LogP contribution is -2.17. The number of nitrogens with one attached hydrogen (secondary N) is 1. The van der Waals surface area contributed by atoms with Crippen molar-refractivity contribution < 1.29 is 4.57 Å². The van der Waals surface area contributed by atoms with E-state index in [4.69, 9.17) is 0 Å². The number of hydrogen-bond donors (Lipinski definition) is 1. The van der Waals surface area contributed by atoms with Crippen molar-refractivity contribution in [2.45, 2.75) is 0 Å². The van der Waals surface area contributed by atoms with Crippen molar-refractivity contribution in [1.82, 2.24) is 9.99 Å². The second-order valence-electron chi connectivity index (χ2n) is 2.79. The summed E-state index contributed by atoms with van der Waals surface area (Å²) in [6.07, 6.45) is 0. The number of rotatable bonds is 3. The molecule has 1 N–H and O–H groups in total. The standard InChI is InChI=1S/C5H13N2OP/c1-9(2,8)6-5-7-3-4-7/h3-5H2,1-2H3,(H,6,8). The molecule has 1 saturated heterocycles. The predicted octanol–water partition coefficient (Wildman–Crippen LogP) is 0.387. The van der Waals surface area contributed by atoms with Crippen molar-refractivity contribution in [1.29, 1.82) is 0 Å². The van der Waals surface area contributed by atoms with Crippen LogP contribution in [0.5, 0.6) is 0 Å². The Kier molecular flexibility index (Phi) is 1.94. The lowest BCUT2D eigenvalue weighted by molar-refractivity contribution is 0.522. The molecule has 0 atom stereocenters. The van der Waals surface area contributed by atoms with Gasteiger partial charge in [0.1, 0.15) is 7.29 Å². The van der Waals surface area contributed by atoms with Gasteiger partial charge in [-0.05, 0) is 0 Å². The predicted molar refractivity (Wildman–Crippen MR) is 39.0 cm³/mol. The van der Waals surface area contributed by atoms with Gasteiger partial charge in [0, 0.05) is 26.4 Å². The van der Waals surface area contributed by atoms with E-state index in [1.165, 1.54) is 0 Å². The van der Waals surface area contributed by atoms with E-state index in [1.54, 1.807) is 13.3 Å². The summed E-state index contributed by atoms with van der Waals surface area (Å²) < 4.78 is 11.0. The van der Waals surface area contributed by atoms with Crippen LogP contribution in [0.2, 0.25) is 0 Å². The van der Waals surface area contributed by atoms with Gasteiger partial charge >= 0.3 is 0 Å². The molecule has 3 nitrogen and oxygen atoms in total. The van der Waals surface area contributed by atoms with Gasteiger partial charge in [0.05, 0.1) is 6.67 Å². The molecule has 1 heterocycles. The van der Waals surface area contributed by atoms with E-state index in [0.717, 1.165) is 19.8 Å². The van der Waals surface area contributed by atoms with Crippen LogP contribution in [-0.2, 0) is 4.57 Å². The van der Waals surface area contributed by atoms with Gasteiger partial charge in [0.25, 0.3) is 0 Å². The van der Waals surface area contributed by atoms with Gasteiger partial charge in [-0.3, -0.25) is 9.99 Å². The SMILES string of the molecule is CP(C)(=O)NCN1CC1. The van der Waals surface area contributed by atoms with E-state index in [2.05, 4.69) is 9.99 Å². The first kappa shape index (κ1) is 7.26. The van der Waals surface area contributed by atoms with Crippen LogP contribution in [0, 0.1) is 0 Å². The summed E-state index contributed by atoms with van der Waals surface area (Å²) in [6.45, 7) is 6.61. The zero-order chi connectivity index (χ0) is 6.91.